The number of ether oxygens (including phenoxy) is 1. The zero-order chi connectivity index (χ0) is 15.5. The molecule has 0 aliphatic rings. The predicted molar refractivity (Wildman–Crippen MR) is 85.0 cm³/mol. The molecule has 0 fully saturated rings. The van der Waals surface area contributed by atoms with Gasteiger partial charge in [0, 0.05) is 5.56 Å². The number of methoxy groups -OCH3 is 1. The Balaban J connectivity index is 1.99. The van der Waals surface area contributed by atoms with Crippen molar-refractivity contribution in [2.75, 3.05) is 7.11 Å². The first-order chi connectivity index (χ1) is 10.7. The average Bonchev–Trinajstić information content (AvgIpc) is 2.95. The number of nitrogens with zero attached hydrogens (tertiary/aromatic N) is 1. The van der Waals surface area contributed by atoms with Gasteiger partial charge in [0.1, 0.15) is 11.6 Å². The van der Waals surface area contributed by atoms with E-state index in [4.69, 9.17) is 4.74 Å². The molecule has 0 radical (unpaired) electrons. The molecule has 22 heavy (non-hydrogen) atoms. The van der Waals surface area contributed by atoms with E-state index in [-0.39, 0.29) is 5.56 Å². The van der Waals surface area contributed by atoms with Crippen LogP contribution in [0.2, 0.25) is 0 Å². The van der Waals surface area contributed by atoms with E-state index in [0.717, 1.165) is 11.3 Å². The molecule has 1 heterocycles. The molecule has 5 nitrogen and oxygen atoms in total. The smallest absolute Gasteiger partial charge is 0.337 e. The number of carboxylic acids is 1. The molecule has 0 saturated heterocycles. The Morgan fingerprint density at radius 2 is 2.00 bits per heavy atom. The van der Waals surface area contributed by atoms with Crippen LogP contribution < -0.4 is 4.74 Å². The van der Waals surface area contributed by atoms with Crippen molar-refractivity contribution in [2.24, 2.45) is 0 Å². The average molecular weight is 294 g/mol. The number of hydrogen-bond donors (Lipinski definition) is 2. The van der Waals surface area contributed by atoms with Crippen molar-refractivity contribution in [1.82, 2.24) is 9.97 Å². The van der Waals surface area contributed by atoms with Gasteiger partial charge in [-0.15, -0.1) is 0 Å². The molecular weight excluding hydrogens is 280 g/mol. The fourth-order valence-electron chi connectivity index (χ4n) is 2.28. The molecule has 0 spiro atoms. The van der Waals surface area contributed by atoms with Gasteiger partial charge in [-0.2, -0.15) is 0 Å². The zero-order valence-electron chi connectivity index (χ0n) is 11.9. The molecule has 2 N–H and O–H groups in total. The van der Waals surface area contributed by atoms with Gasteiger partial charge in [-0.25, -0.2) is 9.78 Å². The molecule has 2 aromatic carbocycles. The number of fused-ring (bicyclic) bond motifs is 1. The van der Waals surface area contributed by atoms with Crippen molar-refractivity contribution in [3.63, 3.8) is 0 Å². The van der Waals surface area contributed by atoms with Crippen LogP contribution in [0.1, 0.15) is 21.7 Å². The van der Waals surface area contributed by atoms with Crippen molar-refractivity contribution in [1.29, 1.82) is 0 Å². The molecule has 3 aromatic rings. The maximum Gasteiger partial charge on any atom is 0.337 e. The summed E-state index contributed by atoms with van der Waals surface area (Å²) in [6, 6.07) is 12.6. The SMILES string of the molecule is COc1ccccc1C=Cc1nc2cccc(C(=O)O)c2[nH]1. The third-order valence-electron chi connectivity index (χ3n) is 3.33. The minimum absolute atomic E-state index is 0.210. The van der Waals surface area contributed by atoms with E-state index in [2.05, 4.69) is 9.97 Å². The second-order valence-corrected chi connectivity index (χ2v) is 4.70. The highest BCUT2D eigenvalue weighted by molar-refractivity contribution is 6.01. The lowest BCUT2D eigenvalue weighted by Gasteiger charge is -2.02. The third kappa shape index (κ3) is 2.56. The van der Waals surface area contributed by atoms with Crippen LogP contribution in [0.3, 0.4) is 0 Å². The summed E-state index contributed by atoms with van der Waals surface area (Å²) in [5.74, 6) is 0.380. The number of imidazole rings is 1. The van der Waals surface area contributed by atoms with E-state index in [0.29, 0.717) is 16.9 Å². The Hall–Kier alpha value is -3.08. The number of nitrogens with one attached hydrogen (secondary N) is 1. The maximum absolute atomic E-state index is 11.2. The number of rotatable bonds is 4. The fourth-order valence-corrected chi connectivity index (χ4v) is 2.28. The van der Waals surface area contributed by atoms with Crippen LogP contribution in [0.25, 0.3) is 23.2 Å². The molecule has 0 aliphatic carbocycles. The van der Waals surface area contributed by atoms with E-state index in [1.54, 1.807) is 31.4 Å². The lowest BCUT2D eigenvalue weighted by atomic mass is 10.2. The van der Waals surface area contributed by atoms with Crippen LogP contribution in [0.4, 0.5) is 0 Å². The quantitative estimate of drug-likeness (QED) is 0.773. The molecule has 110 valence electrons. The minimum atomic E-state index is -0.977. The summed E-state index contributed by atoms with van der Waals surface area (Å²) < 4.78 is 5.28. The van der Waals surface area contributed by atoms with Gasteiger partial charge in [0.05, 0.1) is 23.7 Å². The summed E-state index contributed by atoms with van der Waals surface area (Å²) in [5.41, 5.74) is 2.28. The van der Waals surface area contributed by atoms with Crippen molar-refractivity contribution in [3.8, 4) is 5.75 Å². The first kappa shape index (κ1) is 13.9. The Morgan fingerprint density at radius 1 is 1.18 bits per heavy atom. The second-order valence-electron chi connectivity index (χ2n) is 4.70. The lowest BCUT2D eigenvalue weighted by Crippen LogP contribution is -1.96. The number of aromatic amines is 1. The molecule has 1 aromatic heterocycles. The highest BCUT2D eigenvalue weighted by Crippen LogP contribution is 2.21. The third-order valence-corrected chi connectivity index (χ3v) is 3.33. The normalized spacial score (nSPS) is 11.1. The number of carbonyl (C=O) groups is 1. The first-order valence-electron chi connectivity index (χ1n) is 6.72. The Labute approximate surface area is 126 Å². The van der Waals surface area contributed by atoms with Crippen LogP contribution in [-0.2, 0) is 0 Å². The zero-order valence-corrected chi connectivity index (χ0v) is 11.9. The predicted octanol–water partition coefficient (Wildman–Crippen LogP) is 3.44. The molecule has 0 bridgehead atoms. The Morgan fingerprint density at radius 3 is 2.77 bits per heavy atom. The van der Waals surface area contributed by atoms with Crippen molar-refractivity contribution in [3.05, 3.63) is 59.4 Å². The standard InChI is InChI=1S/C17H14N2O3/c1-22-14-8-3-2-5-11(14)9-10-15-18-13-7-4-6-12(17(20)21)16(13)19-15/h2-10H,1H3,(H,18,19)(H,20,21). The highest BCUT2D eigenvalue weighted by Gasteiger charge is 2.11. The number of aromatic nitrogens is 2. The molecule has 0 aliphatic heterocycles. The van der Waals surface area contributed by atoms with Crippen LogP contribution >= 0.6 is 0 Å². The van der Waals surface area contributed by atoms with Gasteiger partial charge in [0.15, 0.2) is 0 Å². The number of benzene rings is 2. The summed E-state index contributed by atoms with van der Waals surface area (Å²) in [6.07, 6.45) is 3.67. The van der Waals surface area contributed by atoms with Crippen LogP contribution in [-0.4, -0.2) is 28.2 Å². The number of para-hydroxylation sites is 2. The van der Waals surface area contributed by atoms with Gasteiger partial charge in [0.2, 0.25) is 0 Å². The lowest BCUT2D eigenvalue weighted by molar-refractivity contribution is 0.0699. The van der Waals surface area contributed by atoms with Gasteiger partial charge in [-0.3, -0.25) is 0 Å². The summed E-state index contributed by atoms with van der Waals surface area (Å²) in [4.78, 5) is 18.6. The summed E-state index contributed by atoms with van der Waals surface area (Å²) >= 11 is 0. The van der Waals surface area contributed by atoms with Gasteiger partial charge >= 0.3 is 5.97 Å². The molecular formula is C17H14N2O3. The van der Waals surface area contributed by atoms with Crippen molar-refractivity contribution >= 4 is 29.2 Å². The second kappa shape index (κ2) is 5.73. The summed E-state index contributed by atoms with van der Waals surface area (Å²) in [7, 11) is 1.62. The summed E-state index contributed by atoms with van der Waals surface area (Å²) in [5, 5.41) is 9.19. The number of H-pyrrole nitrogens is 1. The summed E-state index contributed by atoms with van der Waals surface area (Å²) in [6.45, 7) is 0. The van der Waals surface area contributed by atoms with Gasteiger partial charge in [-0.05, 0) is 30.4 Å². The van der Waals surface area contributed by atoms with E-state index < -0.39 is 5.97 Å². The van der Waals surface area contributed by atoms with Gasteiger partial charge < -0.3 is 14.8 Å². The topological polar surface area (TPSA) is 75.2 Å². The highest BCUT2D eigenvalue weighted by atomic mass is 16.5. The molecule has 0 saturated carbocycles. The van der Waals surface area contributed by atoms with E-state index >= 15 is 0 Å². The molecule has 3 rings (SSSR count). The molecule has 0 unspecified atom stereocenters. The number of aromatic carboxylic acids is 1. The van der Waals surface area contributed by atoms with Crippen LogP contribution in [0.5, 0.6) is 5.75 Å². The van der Waals surface area contributed by atoms with Gasteiger partial charge in [0.25, 0.3) is 0 Å². The maximum atomic E-state index is 11.2. The van der Waals surface area contributed by atoms with E-state index in [1.807, 2.05) is 30.3 Å². The largest absolute Gasteiger partial charge is 0.496 e. The molecule has 5 heteroatoms. The fraction of sp³-hybridized carbons (Fsp3) is 0.0588. The van der Waals surface area contributed by atoms with Crippen molar-refractivity contribution in [2.45, 2.75) is 0 Å². The number of carboxylic acid groups (broad SMARTS) is 1. The molecule has 0 atom stereocenters. The Bertz CT molecular complexity index is 865. The minimum Gasteiger partial charge on any atom is -0.496 e. The van der Waals surface area contributed by atoms with Crippen molar-refractivity contribution < 1.29 is 14.6 Å². The first-order valence-corrected chi connectivity index (χ1v) is 6.72. The monoisotopic (exact) mass is 294 g/mol. The van der Waals surface area contributed by atoms with Crippen LogP contribution in [0.15, 0.2) is 42.5 Å². The Kier molecular flexibility index (Phi) is 3.62. The molecule has 0 amide bonds. The van der Waals surface area contributed by atoms with E-state index in [9.17, 15) is 9.90 Å². The van der Waals surface area contributed by atoms with Gasteiger partial charge in [-0.1, -0.05) is 24.3 Å². The van der Waals surface area contributed by atoms with Crippen LogP contribution in [0, 0.1) is 0 Å². The van der Waals surface area contributed by atoms with E-state index in [1.165, 1.54) is 0 Å². The number of hydrogen-bond acceptors (Lipinski definition) is 3.